The van der Waals surface area contributed by atoms with Gasteiger partial charge >= 0.3 is 6.03 Å². The van der Waals surface area contributed by atoms with Gasteiger partial charge in [-0.05, 0) is 38.0 Å². The number of nitrogens with zero attached hydrogens (tertiary/aromatic N) is 2. The van der Waals surface area contributed by atoms with E-state index in [1.165, 1.54) is 4.90 Å². The van der Waals surface area contributed by atoms with Crippen molar-refractivity contribution in [2.45, 2.75) is 25.8 Å². The van der Waals surface area contributed by atoms with Crippen LogP contribution in [0.4, 0.5) is 16.3 Å². The van der Waals surface area contributed by atoms with Crippen LogP contribution in [0.25, 0.3) is 0 Å². The van der Waals surface area contributed by atoms with Crippen molar-refractivity contribution in [3.8, 4) is 0 Å². The molecule has 2 aromatic rings. The van der Waals surface area contributed by atoms with Crippen LogP contribution in [0.5, 0.6) is 0 Å². The first-order valence-electron chi connectivity index (χ1n) is 7.70. The second kappa shape index (κ2) is 7.33. The van der Waals surface area contributed by atoms with Gasteiger partial charge in [-0.15, -0.1) is 0 Å². The van der Waals surface area contributed by atoms with Gasteiger partial charge in [-0.1, -0.05) is 28.4 Å². The number of hydrogen-bond acceptors (Lipinski definition) is 4. The molecule has 7 nitrogen and oxygen atoms in total. The Balaban J connectivity index is 1.67. The van der Waals surface area contributed by atoms with E-state index in [-0.39, 0.29) is 5.91 Å². The van der Waals surface area contributed by atoms with E-state index in [0.29, 0.717) is 40.3 Å². The van der Waals surface area contributed by atoms with Gasteiger partial charge in [0.25, 0.3) is 0 Å². The lowest BCUT2D eigenvalue weighted by Crippen LogP contribution is -2.45. The Morgan fingerprint density at radius 1 is 1.20 bits per heavy atom. The van der Waals surface area contributed by atoms with E-state index < -0.39 is 12.1 Å². The summed E-state index contributed by atoms with van der Waals surface area (Å²) < 4.78 is 4.92. The lowest BCUT2D eigenvalue weighted by atomic mass is 10.2. The summed E-state index contributed by atoms with van der Waals surface area (Å²) in [7, 11) is 0. The molecule has 2 heterocycles. The zero-order chi connectivity index (χ0) is 18.0. The van der Waals surface area contributed by atoms with Crippen LogP contribution in [0.3, 0.4) is 0 Å². The van der Waals surface area contributed by atoms with Crippen molar-refractivity contribution in [2.24, 2.45) is 0 Å². The number of carbonyl (C=O) groups is 2. The van der Waals surface area contributed by atoms with Crippen molar-refractivity contribution in [2.75, 3.05) is 17.2 Å². The Kier molecular flexibility index (Phi) is 5.15. The summed E-state index contributed by atoms with van der Waals surface area (Å²) in [4.78, 5) is 26.4. The van der Waals surface area contributed by atoms with Gasteiger partial charge in [0.1, 0.15) is 11.8 Å². The van der Waals surface area contributed by atoms with Crippen LogP contribution in [-0.2, 0) is 4.79 Å². The third-order valence-corrected chi connectivity index (χ3v) is 4.25. The summed E-state index contributed by atoms with van der Waals surface area (Å²) >= 11 is 11.9. The summed E-state index contributed by atoms with van der Waals surface area (Å²) in [6.07, 6.45) is 1.31. The van der Waals surface area contributed by atoms with E-state index in [9.17, 15) is 9.59 Å². The number of nitrogens with one attached hydrogen (secondary N) is 2. The number of urea groups is 1. The number of anilines is 2. The number of rotatable bonds is 3. The van der Waals surface area contributed by atoms with E-state index in [4.69, 9.17) is 27.7 Å². The lowest BCUT2D eigenvalue weighted by molar-refractivity contribution is -0.119. The van der Waals surface area contributed by atoms with Crippen LogP contribution in [0.2, 0.25) is 10.0 Å². The standard InChI is InChI=1S/C16H16Cl2N4O3/c1-9-5-14(21-25-9)20-16(24)22-4-2-3-13(22)15(23)19-12-7-10(17)6-11(18)8-12/h5-8,13H,2-4H2,1H3,(H,19,23)(H,20,21,24). The molecule has 1 atom stereocenters. The van der Waals surface area contributed by atoms with E-state index in [0.717, 1.165) is 6.42 Å². The van der Waals surface area contributed by atoms with Gasteiger partial charge in [-0.3, -0.25) is 10.1 Å². The number of halogens is 2. The van der Waals surface area contributed by atoms with Crippen LogP contribution >= 0.6 is 23.2 Å². The van der Waals surface area contributed by atoms with Gasteiger partial charge in [0.2, 0.25) is 5.91 Å². The third-order valence-electron chi connectivity index (χ3n) is 3.81. The molecule has 0 spiro atoms. The number of aryl methyl sites for hydroxylation is 1. The predicted octanol–water partition coefficient (Wildman–Crippen LogP) is 3.92. The molecule has 0 saturated carbocycles. The Labute approximate surface area is 154 Å². The van der Waals surface area contributed by atoms with Crippen LogP contribution in [-0.4, -0.2) is 34.6 Å². The Morgan fingerprint density at radius 3 is 2.56 bits per heavy atom. The minimum atomic E-state index is -0.578. The fourth-order valence-electron chi connectivity index (χ4n) is 2.74. The summed E-state index contributed by atoms with van der Waals surface area (Å²) in [5, 5.41) is 9.95. The number of likely N-dealkylation sites (tertiary alicyclic amines) is 1. The van der Waals surface area contributed by atoms with Gasteiger partial charge < -0.3 is 14.7 Å². The molecule has 0 radical (unpaired) electrons. The highest BCUT2D eigenvalue weighted by molar-refractivity contribution is 6.35. The molecular formula is C16H16Cl2N4O3. The van der Waals surface area contributed by atoms with Crippen LogP contribution < -0.4 is 10.6 Å². The highest BCUT2D eigenvalue weighted by Gasteiger charge is 2.34. The number of aromatic nitrogens is 1. The van der Waals surface area contributed by atoms with E-state index in [2.05, 4.69) is 15.8 Å². The number of benzene rings is 1. The molecule has 2 N–H and O–H groups in total. The second-order valence-corrected chi connectivity index (χ2v) is 6.62. The van der Waals surface area contributed by atoms with Gasteiger partial charge in [0.15, 0.2) is 5.82 Å². The zero-order valence-corrected chi connectivity index (χ0v) is 14.9. The average Bonchev–Trinajstić information content (AvgIpc) is 3.15. The number of amides is 3. The summed E-state index contributed by atoms with van der Waals surface area (Å²) in [6.45, 7) is 2.21. The maximum atomic E-state index is 12.6. The van der Waals surface area contributed by atoms with Crippen molar-refractivity contribution in [1.82, 2.24) is 10.1 Å². The third kappa shape index (κ3) is 4.24. The van der Waals surface area contributed by atoms with Gasteiger partial charge in [0.05, 0.1) is 0 Å². The topological polar surface area (TPSA) is 87.5 Å². The van der Waals surface area contributed by atoms with E-state index in [1.807, 2.05) is 0 Å². The molecule has 1 aromatic carbocycles. The van der Waals surface area contributed by atoms with E-state index >= 15 is 0 Å². The molecule has 1 saturated heterocycles. The average molecular weight is 383 g/mol. The van der Waals surface area contributed by atoms with Gasteiger partial charge in [-0.2, -0.15) is 0 Å². The van der Waals surface area contributed by atoms with E-state index in [1.54, 1.807) is 31.2 Å². The molecule has 1 aromatic heterocycles. The molecule has 3 amide bonds. The normalized spacial score (nSPS) is 16.8. The molecule has 1 aliphatic heterocycles. The van der Waals surface area contributed by atoms with Crippen LogP contribution in [0.15, 0.2) is 28.8 Å². The number of hydrogen-bond donors (Lipinski definition) is 2. The largest absolute Gasteiger partial charge is 0.360 e. The van der Waals surface area contributed by atoms with Crippen LogP contribution in [0, 0.1) is 6.92 Å². The SMILES string of the molecule is Cc1cc(NC(=O)N2CCCC2C(=O)Nc2cc(Cl)cc(Cl)c2)no1. The molecule has 1 unspecified atom stereocenters. The summed E-state index contributed by atoms with van der Waals surface area (Å²) in [5.41, 5.74) is 0.488. The quantitative estimate of drug-likeness (QED) is 0.841. The van der Waals surface area contributed by atoms with Crippen molar-refractivity contribution < 1.29 is 14.1 Å². The van der Waals surface area contributed by atoms with Gasteiger partial charge in [-0.25, -0.2) is 4.79 Å². The fraction of sp³-hybridized carbons (Fsp3) is 0.312. The van der Waals surface area contributed by atoms with Crippen molar-refractivity contribution in [3.63, 3.8) is 0 Å². The maximum absolute atomic E-state index is 12.6. The minimum absolute atomic E-state index is 0.290. The molecule has 1 aliphatic rings. The highest BCUT2D eigenvalue weighted by Crippen LogP contribution is 2.25. The first-order valence-corrected chi connectivity index (χ1v) is 8.46. The highest BCUT2D eigenvalue weighted by atomic mass is 35.5. The molecule has 3 rings (SSSR count). The predicted molar refractivity (Wildman–Crippen MR) is 95.1 cm³/mol. The molecule has 132 valence electrons. The monoisotopic (exact) mass is 382 g/mol. The Morgan fingerprint density at radius 2 is 1.92 bits per heavy atom. The van der Waals surface area contributed by atoms with Crippen molar-refractivity contribution in [1.29, 1.82) is 0 Å². The number of carbonyl (C=O) groups excluding carboxylic acids is 2. The molecule has 1 fully saturated rings. The minimum Gasteiger partial charge on any atom is -0.360 e. The van der Waals surface area contributed by atoms with Crippen molar-refractivity contribution >= 4 is 46.6 Å². The molecule has 25 heavy (non-hydrogen) atoms. The summed E-state index contributed by atoms with van der Waals surface area (Å²) in [6, 6.07) is 5.41. The molecule has 9 heteroatoms. The van der Waals surface area contributed by atoms with Crippen LogP contribution in [0.1, 0.15) is 18.6 Å². The first-order chi connectivity index (χ1) is 11.9. The lowest BCUT2D eigenvalue weighted by Gasteiger charge is -2.23. The molecular weight excluding hydrogens is 367 g/mol. The Hall–Kier alpha value is -2.25. The smallest absolute Gasteiger partial charge is 0.323 e. The zero-order valence-electron chi connectivity index (χ0n) is 13.4. The fourth-order valence-corrected chi connectivity index (χ4v) is 3.27. The maximum Gasteiger partial charge on any atom is 0.323 e. The first kappa shape index (κ1) is 17.6. The summed E-state index contributed by atoms with van der Waals surface area (Å²) in [5.74, 6) is 0.612. The molecule has 0 aliphatic carbocycles. The van der Waals surface area contributed by atoms with Crippen molar-refractivity contribution in [3.05, 3.63) is 40.1 Å². The molecule has 0 bridgehead atoms. The Bertz CT molecular complexity index is 788. The van der Waals surface area contributed by atoms with Gasteiger partial charge in [0, 0.05) is 28.3 Å². The second-order valence-electron chi connectivity index (χ2n) is 5.75.